The zero-order valence-electron chi connectivity index (χ0n) is 21.0. The molecule has 1 aliphatic heterocycles. The Morgan fingerprint density at radius 1 is 0.700 bits per heavy atom. The van der Waals surface area contributed by atoms with E-state index in [2.05, 4.69) is 19.1 Å². The van der Waals surface area contributed by atoms with Crippen LogP contribution < -0.4 is 0 Å². The molecule has 0 amide bonds. The molecule has 0 radical (unpaired) electrons. The number of halogens is 3. The molecule has 0 unspecified atom stereocenters. The molecule has 1 aliphatic rings. The highest BCUT2D eigenvalue weighted by atomic mass is 32.1. The lowest BCUT2D eigenvalue weighted by molar-refractivity contribution is -0.110. The molecule has 0 spiro atoms. The second kappa shape index (κ2) is 38.3. The monoisotopic (exact) mass is 452 g/mol. The molecule has 0 N–H and O–H groups in total. The van der Waals surface area contributed by atoms with Crippen molar-refractivity contribution in [3.63, 3.8) is 0 Å². The standard InChI is InChI=1S/C7H8.C4H8O.C4H4S.C2H3F3.4C2H6/c1-7-5-3-2-4-6-7;2*1-2-4-5-3-1;1-2(3,4)5;4*1-2/h2-6H,1H3;1-4H2;1-4H;1H3;4*1-2H3. The van der Waals surface area contributed by atoms with Gasteiger partial charge in [-0.05, 0) is 30.5 Å². The fraction of sp³-hybridized carbons (Fsp3) is 0.600. The molecule has 0 bridgehead atoms. The van der Waals surface area contributed by atoms with Crippen molar-refractivity contribution < 1.29 is 17.9 Å². The summed E-state index contributed by atoms with van der Waals surface area (Å²) in [5.74, 6) is 0. The molecule has 1 saturated heterocycles. The number of hydrogen-bond acceptors (Lipinski definition) is 2. The first-order valence-corrected chi connectivity index (χ1v) is 12.0. The van der Waals surface area contributed by atoms with Gasteiger partial charge in [-0.3, -0.25) is 0 Å². The van der Waals surface area contributed by atoms with Crippen LogP contribution in [0.4, 0.5) is 13.2 Å². The Hall–Kier alpha value is -1.33. The Balaban J connectivity index is -0.0000000839. The maximum absolute atomic E-state index is 10.4. The van der Waals surface area contributed by atoms with Crippen molar-refractivity contribution in [2.45, 2.75) is 88.3 Å². The highest BCUT2D eigenvalue weighted by Crippen LogP contribution is 2.10. The number of alkyl halides is 3. The fourth-order valence-corrected chi connectivity index (χ4v) is 1.73. The summed E-state index contributed by atoms with van der Waals surface area (Å²) in [6, 6.07) is 14.3. The minimum atomic E-state index is -4.00. The van der Waals surface area contributed by atoms with Crippen LogP contribution in [-0.4, -0.2) is 19.4 Å². The normalized spacial score (nSPS) is 10.2. The number of benzene rings is 1. The van der Waals surface area contributed by atoms with Crippen molar-refractivity contribution in [3.05, 3.63) is 58.8 Å². The van der Waals surface area contributed by atoms with E-state index in [1.54, 1.807) is 11.3 Å². The SMILES string of the molecule is C1CCOC1.CC.CC.CC.CC.CC(F)(F)F.Cc1ccccc1.c1ccsc1. The van der Waals surface area contributed by atoms with Gasteiger partial charge in [-0.2, -0.15) is 24.5 Å². The summed E-state index contributed by atoms with van der Waals surface area (Å²) in [5, 5.41) is 4.08. The van der Waals surface area contributed by atoms with E-state index in [4.69, 9.17) is 4.74 Å². The third-order valence-corrected chi connectivity index (χ3v) is 2.82. The highest BCUT2D eigenvalue weighted by Gasteiger charge is 2.15. The molecule has 3 rings (SSSR count). The van der Waals surface area contributed by atoms with Gasteiger partial charge in [0, 0.05) is 20.1 Å². The van der Waals surface area contributed by atoms with E-state index in [0.29, 0.717) is 0 Å². The predicted molar refractivity (Wildman–Crippen MR) is 133 cm³/mol. The maximum atomic E-state index is 10.4. The average Bonchev–Trinajstić information content (AvgIpc) is 3.52. The van der Waals surface area contributed by atoms with Crippen molar-refractivity contribution in [1.82, 2.24) is 0 Å². The summed E-state index contributed by atoms with van der Waals surface area (Å²) >= 11 is 1.71. The Kier molecular flexibility index (Phi) is 50.0. The molecular weight excluding hydrogens is 405 g/mol. The molecule has 0 aliphatic carbocycles. The Bertz CT molecular complexity index is 395. The molecule has 0 saturated carbocycles. The summed E-state index contributed by atoms with van der Waals surface area (Å²) in [4.78, 5) is 0. The zero-order chi connectivity index (χ0) is 24.7. The van der Waals surface area contributed by atoms with E-state index in [0.717, 1.165) is 13.2 Å². The van der Waals surface area contributed by atoms with Crippen molar-refractivity contribution in [3.8, 4) is 0 Å². The highest BCUT2D eigenvalue weighted by molar-refractivity contribution is 7.07. The lowest BCUT2D eigenvalue weighted by atomic mass is 10.2. The average molecular weight is 453 g/mol. The van der Waals surface area contributed by atoms with Gasteiger partial charge >= 0.3 is 6.18 Å². The molecule has 2 heterocycles. The Morgan fingerprint density at radius 3 is 1.17 bits per heavy atom. The largest absolute Gasteiger partial charge is 0.386 e. The van der Waals surface area contributed by atoms with Crippen molar-refractivity contribution in [2.24, 2.45) is 0 Å². The first-order valence-electron chi connectivity index (χ1n) is 11.0. The second-order valence-electron chi connectivity index (χ2n) is 4.55. The summed E-state index contributed by atoms with van der Waals surface area (Å²) in [7, 11) is 0. The maximum Gasteiger partial charge on any atom is 0.386 e. The van der Waals surface area contributed by atoms with Gasteiger partial charge in [0.15, 0.2) is 0 Å². The fourth-order valence-electron chi connectivity index (χ4n) is 1.27. The molecule has 2 aromatic rings. The summed E-state index contributed by atoms with van der Waals surface area (Å²) in [6.45, 7) is 20.3. The first kappa shape index (κ1) is 39.2. The third kappa shape index (κ3) is 63.2. The number of rotatable bonds is 0. The van der Waals surface area contributed by atoms with Gasteiger partial charge in [0.2, 0.25) is 0 Å². The van der Waals surface area contributed by atoms with E-state index in [9.17, 15) is 13.2 Å². The van der Waals surface area contributed by atoms with Gasteiger partial charge in [0.05, 0.1) is 0 Å². The molecular formula is C25H47F3OS. The van der Waals surface area contributed by atoms with Crippen LogP contribution in [0, 0.1) is 6.92 Å². The second-order valence-corrected chi connectivity index (χ2v) is 5.37. The van der Waals surface area contributed by atoms with E-state index in [1.807, 2.05) is 96.5 Å². The van der Waals surface area contributed by atoms with Crippen LogP contribution in [-0.2, 0) is 4.74 Å². The molecule has 30 heavy (non-hydrogen) atoms. The molecule has 1 aromatic carbocycles. The Labute approximate surface area is 189 Å². The van der Waals surface area contributed by atoms with Crippen molar-refractivity contribution in [2.75, 3.05) is 13.2 Å². The third-order valence-electron chi connectivity index (χ3n) is 2.19. The molecule has 1 nitrogen and oxygen atoms in total. The minimum absolute atomic E-state index is 0.188. The van der Waals surface area contributed by atoms with E-state index in [-0.39, 0.29) is 6.92 Å². The van der Waals surface area contributed by atoms with E-state index in [1.165, 1.54) is 18.4 Å². The quantitative estimate of drug-likeness (QED) is 0.386. The molecule has 1 aromatic heterocycles. The Morgan fingerprint density at radius 2 is 1.03 bits per heavy atom. The van der Waals surface area contributed by atoms with Gasteiger partial charge in [0.25, 0.3) is 0 Å². The summed E-state index contributed by atoms with van der Waals surface area (Å²) < 4.78 is 36.0. The van der Waals surface area contributed by atoms with Gasteiger partial charge in [-0.1, -0.05) is 103 Å². The lowest BCUT2D eigenvalue weighted by Gasteiger charge is -1.88. The van der Waals surface area contributed by atoms with Crippen LogP contribution in [0.2, 0.25) is 0 Å². The molecule has 180 valence electrons. The van der Waals surface area contributed by atoms with Crippen LogP contribution in [0.1, 0.15) is 80.7 Å². The summed E-state index contributed by atoms with van der Waals surface area (Å²) in [5.41, 5.74) is 1.32. The number of aryl methyl sites for hydroxylation is 1. The zero-order valence-corrected chi connectivity index (χ0v) is 21.8. The molecule has 1 fully saturated rings. The smallest absolute Gasteiger partial charge is 0.381 e. The van der Waals surface area contributed by atoms with Crippen LogP contribution in [0.5, 0.6) is 0 Å². The number of hydrogen-bond donors (Lipinski definition) is 0. The van der Waals surface area contributed by atoms with Gasteiger partial charge < -0.3 is 4.74 Å². The number of ether oxygens (including phenoxy) is 1. The van der Waals surface area contributed by atoms with Crippen LogP contribution in [0.3, 0.4) is 0 Å². The van der Waals surface area contributed by atoms with Crippen LogP contribution in [0.25, 0.3) is 0 Å². The van der Waals surface area contributed by atoms with Crippen molar-refractivity contribution >= 4 is 11.3 Å². The van der Waals surface area contributed by atoms with Crippen LogP contribution >= 0.6 is 11.3 Å². The molecule has 0 atom stereocenters. The first-order chi connectivity index (χ1) is 14.4. The van der Waals surface area contributed by atoms with Gasteiger partial charge in [0.1, 0.15) is 0 Å². The van der Waals surface area contributed by atoms with Gasteiger partial charge in [-0.25, -0.2) is 0 Å². The van der Waals surface area contributed by atoms with E-state index < -0.39 is 6.18 Å². The van der Waals surface area contributed by atoms with Crippen molar-refractivity contribution in [1.29, 1.82) is 0 Å². The molecule has 5 heteroatoms. The lowest BCUT2D eigenvalue weighted by Crippen LogP contribution is -1.95. The number of thiophene rings is 1. The topological polar surface area (TPSA) is 9.23 Å². The summed E-state index contributed by atoms with van der Waals surface area (Å²) in [6.07, 6.45) is -1.44. The predicted octanol–water partition coefficient (Wildman–Crippen LogP) is 10.2. The van der Waals surface area contributed by atoms with E-state index >= 15 is 0 Å². The minimum Gasteiger partial charge on any atom is -0.381 e. The van der Waals surface area contributed by atoms with Crippen LogP contribution in [0.15, 0.2) is 53.2 Å². The van der Waals surface area contributed by atoms with Gasteiger partial charge in [-0.15, -0.1) is 0 Å².